The lowest BCUT2D eigenvalue weighted by molar-refractivity contribution is 0.298. The van der Waals surface area contributed by atoms with Gasteiger partial charge in [0.25, 0.3) is 0 Å². The fourth-order valence-electron chi connectivity index (χ4n) is 1.47. The van der Waals surface area contributed by atoms with E-state index < -0.39 is 0 Å². The van der Waals surface area contributed by atoms with Crippen LogP contribution >= 0.6 is 12.2 Å². The van der Waals surface area contributed by atoms with Crippen LogP contribution in [-0.2, 0) is 0 Å². The molecule has 4 nitrogen and oxygen atoms in total. The number of nitrogens with two attached hydrogens (primary N) is 1. The number of rotatable bonds is 5. The van der Waals surface area contributed by atoms with Gasteiger partial charge in [-0.05, 0) is 26.0 Å². The lowest BCUT2D eigenvalue weighted by atomic mass is 10.3. The molecule has 0 fully saturated rings. The molecule has 5 heteroatoms. The van der Waals surface area contributed by atoms with Crippen LogP contribution in [0.1, 0.15) is 19.5 Å². The first-order chi connectivity index (χ1) is 7.56. The topological polar surface area (TPSA) is 62.4 Å². The minimum atomic E-state index is 0.0944. The normalized spacial score (nSPS) is 10.5. The molecule has 0 bridgehead atoms. The predicted molar refractivity (Wildman–Crippen MR) is 69.7 cm³/mol. The van der Waals surface area contributed by atoms with E-state index in [0.29, 0.717) is 12.2 Å². The molecule has 1 heterocycles. The van der Waals surface area contributed by atoms with Crippen molar-refractivity contribution < 1.29 is 5.11 Å². The Labute approximate surface area is 101 Å². The molecule has 0 atom stereocenters. The Morgan fingerprint density at radius 3 is 2.75 bits per heavy atom. The van der Waals surface area contributed by atoms with Gasteiger partial charge in [-0.1, -0.05) is 18.3 Å². The third kappa shape index (κ3) is 3.15. The molecule has 0 saturated heterocycles. The van der Waals surface area contributed by atoms with Crippen molar-refractivity contribution in [3.05, 3.63) is 23.9 Å². The van der Waals surface area contributed by atoms with Crippen molar-refractivity contribution in [3.63, 3.8) is 0 Å². The molecule has 1 aromatic rings. The Morgan fingerprint density at radius 2 is 2.25 bits per heavy atom. The largest absolute Gasteiger partial charge is 0.395 e. The molecule has 3 N–H and O–H groups in total. The summed E-state index contributed by atoms with van der Waals surface area (Å²) in [5.74, 6) is 0.786. The molecule has 0 spiro atoms. The number of thiocarbonyl (C=S) groups is 1. The van der Waals surface area contributed by atoms with Gasteiger partial charge in [-0.3, -0.25) is 0 Å². The number of aliphatic hydroxyl groups excluding tert-OH is 1. The third-order valence-electron chi connectivity index (χ3n) is 2.25. The third-order valence-corrected chi connectivity index (χ3v) is 2.45. The van der Waals surface area contributed by atoms with Crippen molar-refractivity contribution >= 4 is 23.0 Å². The minimum absolute atomic E-state index is 0.0944. The quantitative estimate of drug-likeness (QED) is 0.748. The van der Waals surface area contributed by atoms with E-state index in [2.05, 4.69) is 4.98 Å². The molecular weight excluding hydrogens is 222 g/mol. The molecule has 88 valence electrons. The Kier molecular flexibility index (Phi) is 4.64. The first-order valence-electron chi connectivity index (χ1n) is 5.20. The van der Waals surface area contributed by atoms with Gasteiger partial charge in [0.05, 0.1) is 12.3 Å². The van der Waals surface area contributed by atoms with E-state index in [4.69, 9.17) is 23.1 Å². The van der Waals surface area contributed by atoms with Crippen LogP contribution in [0.4, 0.5) is 5.82 Å². The van der Waals surface area contributed by atoms with Crippen LogP contribution in [0, 0.1) is 0 Å². The zero-order valence-electron chi connectivity index (χ0n) is 9.55. The highest BCUT2D eigenvalue weighted by Gasteiger charge is 2.11. The molecule has 0 aliphatic heterocycles. The molecule has 0 unspecified atom stereocenters. The summed E-state index contributed by atoms with van der Waals surface area (Å²) in [5, 5.41) is 9.01. The maximum absolute atomic E-state index is 9.01. The predicted octanol–water partition coefficient (Wildman–Crippen LogP) is 0.923. The van der Waals surface area contributed by atoms with E-state index in [-0.39, 0.29) is 17.6 Å². The van der Waals surface area contributed by atoms with Crippen molar-refractivity contribution in [3.8, 4) is 0 Å². The summed E-state index contributed by atoms with van der Waals surface area (Å²) in [6.45, 7) is 4.73. The van der Waals surface area contributed by atoms with Crippen molar-refractivity contribution in [2.24, 2.45) is 5.73 Å². The Bertz CT molecular complexity index is 368. The zero-order valence-corrected chi connectivity index (χ0v) is 10.4. The lowest BCUT2D eigenvalue weighted by Crippen LogP contribution is -2.34. The molecule has 0 radical (unpaired) electrons. The van der Waals surface area contributed by atoms with Crippen LogP contribution in [-0.4, -0.2) is 34.3 Å². The number of nitrogens with zero attached hydrogens (tertiary/aromatic N) is 2. The average molecular weight is 239 g/mol. The number of anilines is 1. The number of hydrogen-bond donors (Lipinski definition) is 2. The van der Waals surface area contributed by atoms with Gasteiger partial charge in [0.15, 0.2) is 0 Å². The second-order valence-electron chi connectivity index (χ2n) is 3.76. The van der Waals surface area contributed by atoms with E-state index in [9.17, 15) is 0 Å². The molecular formula is C11H17N3OS. The van der Waals surface area contributed by atoms with Crippen molar-refractivity contribution in [1.82, 2.24) is 4.98 Å². The summed E-state index contributed by atoms with van der Waals surface area (Å²) in [7, 11) is 0. The Balaban J connectivity index is 3.00. The molecule has 16 heavy (non-hydrogen) atoms. The van der Waals surface area contributed by atoms with E-state index in [1.807, 2.05) is 30.9 Å². The summed E-state index contributed by atoms with van der Waals surface area (Å²) in [6.07, 6.45) is 0. The highest BCUT2D eigenvalue weighted by molar-refractivity contribution is 7.80. The molecule has 0 amide bonds. The van der Waals surface area contributed by atoms with Gasteiger partial charge < -0.3 is 15.7 Å². The fourth-order valence-corrected chi connectivity index (χ4v) is 1.58. The van der Waals surface area contributed by atoms with Gasteiger partial charge in [0.1, 0.15) is 10.8 Å². The van der Waals surface area contributed by atoms with Gasteiger partial charge >= 0.3 is 0 Å². The van der Waals surface area contributed by atoms with Gasteiger partial charge in [0, 0.05) is 12.6 Å². The van der Waals surface area contributed by atoms with Crippen molar-refractivity contribution in [2.75, 3.05) is 18.1 Å². The van der Waals surface area contributed by atoms with Crippen molar-refractivity contribution in [1.29, 1.82) is 0 Å². The molecule has 1 rings (SSSR count). The number of hydrogen-bond acceptors (Lipinski definition) is 4. The summed E-state index contributed by atoms with van der Waals surface area (Å²) in [6, 6.07) is 5.80. The summed E-state index contributed by atoms with van der Waals surface area (Å²) < 4.78 is 0. The second kappa shape index (κ2) is 5.77. The highest BCUT2D eigenvalue weighted by Crippen LogP contribution is 2.14. The van der Waals surface area contributed by atoms with Crippen LogP contribution in [0.2, 0.25) is 0 Å². The van der Waals surface area contributed by atoms with Crippen LogP contribution < -0.4 is 10.6 Å². The van der Waals surface area contributed by atoms with Crippen LogP contribution in [0.5, 0.6) is 0 Å². The Hall–Kier alpha value is -1.20. The number of pyridine rings is 1. The fraction of sp³-hybridized carbons (Fsp3) is 0.455. The van der Waals surface area contributed by atoms with E-state index in [0.717, 1.165) is 5.82 Å². The highest BCUT2D eigenvalue weighted by atomic mass is 32.1. The summed E-state index contributed by atoms with van der Waals surface area (Å²) >= 11 is 4.89. The monoisotopic (exact) mass is 239 g/mol. The minimum Gasteiger partial charge on any atom is -0.395 e. The maximum atomic E-state index is 9.01. The standard InChI is InChI=1S/C11H17N3OS/c1-8(2)14(6-7-15)10-5-3-4-9(13-10)11(12)16/h3-5,8,15H,6-7H2,1-2H3,(H2,12,16). The molecule has 1 aromatic heterocycles. The molecule has 0 aromatic carbocycles. The first-order valence-corrected chi connectivity index (χ1v) is 5.61. The first kappa shape index (κ1) is 12.9. The Morgan fingerprint density at radius 1 is 1.56 bits per heavy atom. The SMILES string of the molecule is CC(C)N(CCO)c1cccc(C(N)=S)n1. The van der Waals surface area contributed by atoms with E-state index >= 15 is 0 Å². The summed E-state index contributed by atoms with van der Waals surface area (Å²) in [5.41, 5.74) is 6.14. The molecule has 0 aliphatic rings. The van der Waals surface area contributed by atoms with Gasteiger partial charge in [-0.2, -0.15) is 0 Å². The number of aliphatic hydroxyl groups is 1. The van der Waals surface area contributed by atoms with E-state index in [1.54, 1.807) is 6.07 Å². The van der Waals surface area contributed by atoms with Gasteiger partial charge in [-0.15, -0.1) is 0 Å². The molecule has 0 aliphatic carbocycles. The average Bonchev–Trinajstić information content (AvgIpc) is 2.25. The zero-order chi connectivity index (χ0) is 12.1. The lowest BCUT2D eigenvalue weighted by Gasteiger charge is -2.27. The van der Waals surface area contributed by atoms with E-state index in [1.165, 1.54) is 0 Å². The molecule has 0 saturated carbocycles. The number of aromatic nitrogens is 1. The van der Waals surface area contributed by atoms with Crippen LogP contribution in [0.15, 0.2) is 18.2 Å². The van der Waals surface area contributed by atoms with Gasteiger partial charge in [0.2, 0.25) is 0 Å². The van der Waals surface area contributed by atoms with Crippen LogP contribution in [0.3, 0.4) is 0 Å². The van der Waals surface area contributed by atoms with Crippen LogP contribution in [0.25, 0.3) is 0 Å². The van der Waals surface area contributed by atoms with Crippen molar-refractivity contribution in [2.45, 2.75) is 19.9 Å². The smallest absolute Gasteiger partial charge is 0.129 e. The summed E-state index contributed by atoms with van der Waals surface area (Å²) in [4.78, 5) is 6.65. The maximum Gasteiger partial charge on any atom is 0.129 e. The second-order valence-corrected chi connectivity index (χ2v) is 4.20. The van der Waals surface area contributed by atoms with Gasteiger partial charge in [-0.25, -0.2) is 4.98 Å².